The molecule has 0 aliphatic carbocycles. The maximum atomic E-state index is 5.31. The fourth-order valence-electron chi connectivity index (χ4n) is 0.983. The molecule has 13 heavy (non-hydrogen) atoms. The third kappa shape index (κ3) is 2.95. The van der Waals surface area contributed by atoms with Gasteiger partial charge < -0.3 is 5.73 Å². The van der Waals surface area contributed by atoms with Crippen LogP contribution in [0.15, 0.2) is 29.3 Å². The van der Waals surface area contributed by atoms with Gasteiger partial charge in [-0.15, -0.1) is 0 Å². The summed E-state index contributed by atoms with van der Waals surface area (Å²) in [6.45, 7) is 0.446. The van der Waals surface area contributed by atoms with E-state index in [4.69, 9.17) is 10.6 Å². The summed E-state index contributed by atoms with van der Waals surface area (Å²) in [6, 6.07) is 7.71. The first-order valence-electron chi connectivity index (χ1n) is 4.06. The fourth-order valence-corrected chi connectivity index (χ4v) is 0.983. The zero-order chi connectivity index (χ0) is 9.52. The number of aliphatic imine (C=N–C) groups is 1. The molecule has 0 heterocycles. The number of nitrogens with two attached hydrogens (primary N) is 2. The van der Waals surface area contributed by atoms with Crippen LogP contribution in [0.25, 0.3) is 0 Å². The summed E-state index contributed by atoms with van der Waals surface area (Å²) < 4.78 is 0. The largest absolute Gasteiger partial charge is 0.326 e. The first-order chi connectivity index (χ1) is 6.38. The Morgan fingerprint density at radius 2 is 2.31 bits per heavy atom. The minimum Gasteiger partial charge on any atom is -0.326 e. The van der Waals surface area contributed by atoms with Gasteiger partial charge in [0, 0.05) is 18.8 Å². The van der Waals surface area contributed by atoms with Crippen LogP contribution in [0, 0.1) is 0 Å². The van der Waals surface area contributed by atoms with Gasteiger partial charge in [0.25, 0.3) is 0 Å². The molecule has 70 valence electrons. The van der Waals surface area contributed by atoms with E-state index in [-0.39, 0.29) is 0 Å². The van der Waals surface area contributed by atoms with E-state index in [0.29, 0.717) is 6.54 Å². The highest BCUT2D eigenvalue weighted by Gasteiger charge is 2.01. The number of hydrogen-bond acceptors (Lipinski definition) is 3. The summed E-state index contributed by atoms with van der Waals surface area (Å²) in [7, 11) is 1.61. The summed E-state index contributed by atoms with van der Waals surface area (Å²) in [6.07, 6.45) is 1.67. The molecule has 0 aromatic heterocycles. The lowest BCUT2D eigenvalue weighted by atomic mass is 10.3. The zero-order valence-corrected chi connectivity index (χ0v) is 7.60. The lowest BCUT2D eigenvalue weighted by Gasteiger charge is -1.99. The molecule has 0 saturated carbocycles. The average molecular weight is 180 g/mol. The maximum Gasteiger partial charge on any atom is 0.187 e. The summed E-state index contributed by atoms with van der Waals surface area (Å²) >= 11 is 0. The van der Waals surface area contributed by atoms with Crippen molar-refractivity contribution in [3.8, 4) is 0 Å². The Morgan fingerprint density at radius 3 is 3.00 bits per heavy atom. The molecule has 0 bridgehead atoms. The van der Waals surface area contributed by atoms with Crippen molar-refractivity contribution in [1.29, 1.82) is 0 Å². The topological polar surface area (TPSA) is 64.2 Å². The van der Waals surface area contributed by atoms with Crippen LogP contribution < -0.4 is 11.2 Å². The molecule has 0 spiro atoms. The molecule has 4 heteroatoms. The van der Waals surface area contributed by atoms with Crippen LogP contribution in [-0.4, -0.2) is 19.9 Å². The van der Waals surface area contributed by atoms with E-state index in [9.17, 15) is 0 Å². The van der Waals surface area contributed by atoms with Crippen LogP contribution in [-0.2, 0) is 4.84 Å². The Labute approximate surface area is 77.4 Å². The van der Waals surface area contributed by atoms with Crippen molar-refractivity contribution < 1.29 is 10.3 Å². The number of nitrogens with zero attached hydrogens (tertiary/aromatic N) is 1. The molecule has 0 aliphatic heterocycles. The predicted octanol–water partition coefficient (Wildman–Crippen LogP) is 0.104. The van der Waals surface area contributed by atoms with Gasteiger partial charge in [-0.25, -0.2) is 4.84 Å². The first kappa shape index (κ1) is 9.85. The van der Waals surface area contributed by atoms with Crippen LogP contribution >= 0.6 is 0 Å². The molecule has 0 saturated heterocycles. The van der Waals surface area contributed by atoms with E-state index in [2.05, 4.69) is 4.99 Å². The summed E-state index contributed by atoms with van der Waals surface area (Å²) in [5.74, 6) is 0. The number of hydrogen-bond donors (Lipinski definition) is 2. The predicted molar refractivity (Wildman–Crippen MR) is 52.2 cm³/mol. The number of para-hydroxylation sites is 1. The van der Waals surface area contributed by atoms with Crippen molar-refractivity contribution in [1.82, 2.24) is 0 Å². The van der Waals surface area contributed by atoms with Gasteiger partial charge in [0.05, 0.1) is 7.11 Å². The SMILES string of the molecule is CO[NH2+]c1ccccc1N=CCN. The lowest BCUT2D eigenvalue weighted by molar-refractivity contribution is -0.829. The molecule has 0 radical (unpaired) electrons. The van der Waals surface area contributed by atoms with Gasteiger partial charge in [0.2, 0.25) is 0 Å². The van der Waals surface area contributed by atoms with Gasteiger partial charge in [0.15, 0.2) is 5.69 Å². The van der Waals surface area contributed by atoms with Crippen LogP contribution in [0.1, 0.15) is 0 Å². The highest BCUT2D eigenvalue weighted by molar-refractivity contribution is 5.69. The van der Waals surface area contributed by atoms with Gasteiger partial charge >= 0.3 is 0 Å². The third-order valence-electron chi connectivity index (χ3n) is 1.52. The Hall–Kier alpha value is -1.23. The molecule has 0 aliphatic rings. The lowest BCUT2D eigenvalue weighted by Crippen LogP contribution is -2.75. The van der Waals surface area contributed by atoms with Gasteiger partial charge in [0.1, 0.15) is 5.69 Å². The Morgan fingerprint density at radius 1 is 1.54 bits per heavy atom. The first-order valence-corrected chi connectivity index (χ1v) is 4.06. The van der Waals surface area contributed by atoms with Crippen LogP contribution in [0.3, 0.4) is 0 Å². The molecule has 4 nitrogen and oxygen atoms in total. The molecule has 0 atom stereocenters. The second kappa shape index (κ2) is 5.42. The van der Waals surface area contributed by atoms with E-state index in [0.717, 1.165) is 11.4 Å². The molecule has 1 aromatic carbocycles. The van der Waals surface area contributed by atoms with E-state index < -0.39 is 0 Å². The van der Waals surface area contributed by atoms with Gasteiger partial charge in [-0.05, 0) is 6.07 Å². The molecule has 0 amide bonds. The quantitative estimate of drug-likeness (QED) is 0.392. The van der Waals surface area contributed by atoms with Crippen molar-refractivity contribution in [3.63, 3.8) is 0 Å². The van der Waals surface area contributed by atoms with E-state index in [1.807, 2.05) is 24.3 Å². The van der Waals surface area contributed by atoms with E-state index >= 15 is 0 Å². The molecule has 4 N–H and O–H groups in total. The maximum absolute atomic E-state index is 5.31. The zero-order valence-electron chi connectivity index (χ0n) is 7.60. The molecule has 0 unspecified atom stereocenters. The summed E-state index contributed by atoms with van der Waals surface area (Å²) in [4.78, 5) is 9.10. The molecule has 1 aromatic rings. The molecule has 1 rings (SSSR count). The van der Waals surface area contributed by atoms with Crippen LogP contribution in [0.4, 0.5) is 11.4 Å². The molecular weight excluding hydrogens is 166 g/mol. The van der Waals surface area contributed by atoms with E-state index in [1.54, 1.807) is 18.8 Å². The third-order valence-corrected chi connectivity index (χ3v) is 1.52. The number of rotatable bonds is 4. The highest BCUT2D eigenvalue weighted by Crippen LogP contribution is 2.18. The van der Waals surface area contributed by atoms with Gasteiger partial charge in [-0.2, -0.15) is 5.48 Å². The van der Waals surface area contributed by atoms with Crippen molar-refractivity contribution in [2.75, 3.05) is 13.7 Å². The number of benzene rings is 1. The molecule has 0 fully saturated rings. The van der Waals surface area contributed by atoms with Gasteiger partial charge in [-0.3, -0.25) is 4.99 Å². The summed E-state index contributed by atoms with van der Waals surface area (Å²) in [5.41, 5.74) is 8.79. The van der Waals surface area contributed by atoms with Crippen molar-refractivity contribution in [3.05, 3.63) is 24.3 Å². The highest BCUT2D eigenvalue weighted by atomic mass is 16.6. The molecular formula is C9H14N3O+. The minimum atomic E-state index is 0.446. The Balaban J connectivity index is 2.84. The van der Waals surface area contributed by atoms with Crippen molar-refractivity contribution in [2.24, 2.45) is 10.7 Å². The van der Waals surface area contributed by atoms with Crippen molar-refractivity contribution >= 4 is 17.6 Å². The standard InChI is InChI=1S/C9H13N3O/c1-13-12-9-5-3-2-4-8(9)11-7-6-10/h2-5,7,12H,6,10H2,1H3/p+1. The fraction of sp³-hybridized carbons (Fsp3) is 0.222. The van der Waals surface area contributed by atoms with Crippen LogP contribution in [0.5, 0.6) is 0 Å². The Kier molecular flexibility index (Phi) is 4.11. The number of quaternary nitrogens is 1. The average Bonchev–Trinajstić information content (AvgIpc) is 2.17. The Bertz CT molecular complexity index is 286. The van der Waals surface area contributed by atoms with E-state index in [1.165, 1.54) is 0 Å². The smallest absolute Gasteiger partial charge is 0.187 e. The monoisotopic (exact) mass is 180 g/mol. The minimum absolute atomic E-state index is 0.446. The van der Waals surface area contributed by atoms with Crippen molar-refractivity contribution in [2.45, 2.75) is 0 Å². The van der Waals surface area contributed by atoms with Crippen LogP contribution in [0.2, 0.25) is 0 Å². The second-order valence-corrected chi connectivity index (χ2v) is 2.46. The summed E-state index contributed by atoms with van der Waals surface area (Å²) in [5, 5.41) is 0. The van der Waals surface area contributed by atoms with Gasteiger partial charge in [-0.1, -0.05) is 12.1 Å². The second-order valence-electron chi connectivity index (χ2n) is 2.46. The normalized spacial score (nSPS) is 10.9.